The van der Waals surface area contributed by atoms with Crippen LogP contribution in [0.2, 0.25) is 0 Å². The number of rotatable bonds is 9. The van der Waals surface area contributed by atoms with Crippen LogP contribution < -0.4 is 10.1 Å². The summed E-state index contributed by atoms with van der Waals surface area (Å²) in [6.07, 6.45) is 0.800. The summed E-state index contributed by atoms with van der Waals surface area (Å²) < 4.78 is 44.9. The monoisotopic (exact) mass is 461 g/mol. The number of sulfone groups is 1. The van der Waals surface area contributed by atoms with Crippen LogP contribution in [0.5, 0.6) is 11.5 Å². The molecule has 4 nitrogen and oxygen atoms in total. The lowest BCUT2D eigenvalue weighted by Gasteiger charge is -2.10. The molecule has 0 aliphatic heterocycles. The average Bonchev–Trinajstić information content (AvgIpc) is 2.84. The lowest BCUT2D eigenvalue weighted by atomic mass is 10.1. The summed E-state index contributed by atoms with van der Waals surface area (Å²) >= 11 is 0. The average molecular weight is 462 g/mol. The van der Waals surface area contributed by atoms with Gasteiger partial charge in [-0.15, -0.1) is 0 Å². The van der Waals surface area contributed by atoms with E-state index >= 15 is 0 Å². The quantitative estimate of drug-likeness (QED) is 0.321. The zero-order valence-electron chi connectivity index (χ0n) is 17.9. The van der Waals surface area contributed by atoms with E-state index in [0.29, 0.717) is 11.5 Å². The Kier molecular flexibility index (Phi) is 7.17. The van der Waals surface area contributed by atoms with Crippen LogP contribution in [0.25, 0.3) is 0 Å². The molecule has 6 heteroatoms. The Balaban J connectivity index is 1.39. The molecule has 0 heterocycles. The molecule has 0 bridgehead atoms. The lowest BCUT2D eigenvalue weighted by molar-refractivity contribution is 0.478. The number of halogens is 1. The van der Waals surface area contributed by atoms with Gasteiger partial charge in [0.15, 0.2) is 0 Å². The molecule has 0 unspecified atom stereocenters. The van der Waals surface area contributed by atoms with E-state index in [4.69, 9.17) is 4.74 Å². The molecular weight excluding hydrogens is 437 g/mol. The van der Waals surface area contributed by atoms with E-state index in [1.54, 1.807) is 24.3 Å². The first-order valence-corrected chi connectivity index (χ1v) is 12.1. The molecule has 4 aromatic carbocycles. The van der Waals surface area contributed by atoms with Crippen molar-refractivity contribution in [2.45, 2.75) is 22.8 Å². The maximum absolute atomic E-state index is 13.1. The molecule has 0 saturated heterocycles. The zero-order chi connectivity index (χ0) is 23.1. The molecule has 168 valence electrons. The second kappa shape index (κ2) is 10.4. The Morgan fingerprint density at radius 3 is 2.15 bits per heavy atom. The van der Waals surface area contributed by atoms with Crippen LogP contribution >= 0.6 is 0 Å². The van der Waals surface area contributed by atoms with E-state index in [1.165, 1.54) is 42.0 Å². The molecule has 0 aromatic heterocycles. The molecule has 0 fully saturated rings. The Morgan fingerprint density at radius 2 is 1.42 bits per heavy atom. The van der Waals surface area contributed by atoms with Gasteiger partial charge in [-0.05, 0) is 78.7 Å². The van der Waals surface area contributed by atoms with Crippen molar-refractivity contribution in [1.29, 1.82) is 0 Å². The van der Waals surface area contributed by atoms with Gasteiger partial charge >= 0.3 is 0 Å². The van der Waals surface area contributed by atoms with Crippen molar-refractivity contribution < 1.29 is 17.5 Å². The van der Waals surface area contributed by atoms with E-state index in [0.717, 1.165) is 25.1 Å². The number of hydrogen-bond donors (Lipinski definition) is 1. The lowest BCUT2D eigenvalue weighted by Crippen LogP contribution is -2.16. The maximum atomic E-state index is 13.1. The van der Waals surface area contributed by atoms with E-state index < -0.39 is 9.84 Å². The van der Waals surface area contributed by atoms with Crippen molar-refractivity contribution in [3.05, 3.63) is 120 Å². The molecule has 0 atom stereocenters. The van der Waals surface area contributed by atoms with Gasteiger partial charge in [0.1, 0.15) is 17.3 Å². The molecule has 33 heavy (non-hydrogen) atoms. The molecule has 0 amide bonds. The van der Waals surface area contributed by atoms with Gasteiger partial charge in [-0.2, -0.15) is 0 Å². The minimum atomic E-state index is -3.69. The fraction of sp³-hybridized carbons (Fsp3) is 0.111. The fourth-order valence-electron chi connectivity index (χ4n) is 3.38. The standard InChI is InChI=1S/C27H24FNO3S/c28-23-11-13-24(14-12-23)32-25-7-4-8-27(19-25)33(30,31)26-15-9-21(10-16-26)17-18-29-20-22-5-2-1-3-6-22/h1-16,19,29H,17-18,20H2. The van der Waals surface area contributed by atoms with E-state index in [-0.39, 0.29) is 15.6 Å². The van der Waals surface area contributed by atoms with Gasteiger partial charge in [-0.1, -0.05) is 48.5 Å². The molecular formula is C27H24FNO3S. The van der Waals surface area contributed by atoms with Crippen LogP contribution in [0.15, 0.2) is 113 Å². The number of nitrogens with one attached hydrogen (secondary N) is 1. The van der Waals surface area contributed by atoms with Gasteiger partial charge in [0, 0.05) is 6.54 Å². The molecule has 4 aromatic rings. The third-order valence-electron chi connectivity index (χ3n) is 5.16. The van der Waals surface area contributed by atoms with Crippen LogP contribution in [-0.4, -0.2) is 15.0 Å². The fourth-order valence-corrected chi connectivity index (χ4v) is 4.67. The number of ether oxygens (including phenoxy) is 1. The first-order valence-electron chi connectivity index (χ1n) is 10.6. The molecule has 0 spiro atoms. The summed E-state index contributed by atoms with van der Waals surface area (Å²) in [5.41, 5.74) is 2.28. The molecule has 1 N–H and O–H groups in total. The topological polar surface area (TPSA) is 55.4 Å². The SMILES string of the molecule is O=S(=O)(c1ccc(CCNCc2ccccc2)cc1)c1cccc(Oc2ccc(F)cc2)c1. The predicted octanol–water partition coefficient (Wildman–Crippen LogP) is 5.78. The number of hydrogen-bond acceptors (Lipinski definition) is 4. The van der Waals surface area contributed by atoms with Crippen LogP contribution in [0.4, 0.5) is 4.39 Å². The highest BCUT2D eigenvalue weighted by molar-refractivity contribution is 7.91. The van der Waals surface area contributed by atoms with Gasteiger partial charge in [0.2, 0.25) is 9.84 Å². The Labute approximate surface area is 193 Å². The van der Waals surface area contributed by atoms with Crippen molar-refractivity contribution >= 4 is 9.84 Å². The van der Waals surface area contributed by atoms with Gasteiger partial charge in [0.05, 0.1) is 9.79 Å². The van der Waals surface area contributed by atoms with Crippen LogP contribution in [0.1, 0.15) is 11.1 Å². The van der Waals surface area contributed by atoms with Crippen molar-refractivity contribution in [3.63, 3.8) is 0 Å². The van der Waals surface area contributed by atoms with Gasteiger partial charge in [0.25, 0.3) is 0 Å². The summed E-state index contributed by atoms with van der Waals surface area (Å²) in [4.78, 5) is 0.363. The summed E-state index contributed by atoms with van der Waals surface area (Å²) in [6.45, 7) is 1.59. The summed E-state index contributed by atoms with van der Waals surface area (Å²) in [5, 5.41) is 3.40. The largest absolute Gasteiger partial charge is 0.457 e. The first-order chi connectivity index (χ1) is 16.0. The highest BCUT2D eigenvalue weighted by Gasteiger charge is 2.18. The van der Waals surface area contributed by atoms with Crippen LogP contribution in [-0.2, 0) is 22.8 Å². The predicted molar refractivity (Wildman–Crippen MR) is 127 cm³/mol. The zero-order valence-corrected chi connectivity index (χ0v) is 18.8. The Hall–Kier alpha value is -3.48. The molecule has 4 rings (SSSR count). The smallest absolute Gasteiger partial charge is 0.206 e. The minimum absolute atomic E-state index is 0.138. The second-order valence-corrected chi connectivity index (χ2v) is 9.54. The Bertz CT molecular complexity index is 1290. The summed E-state index contributed by atoms with van der Waals surface area (Å²) in [6, 6.07) is 29.0. The third-order valence-corrected chi connectivity index (χ3v) is 6.93. The second-order valence-electron chi connectivity index (χ2n) is 7.59. The van der Waals surface area contributed by atoms with E-state index in [9.17, 15) is 12.8 Å². The summed E-state index contributed by atoms with van der Waals surface area (Å²) in [5.74, 6) is 0.425. The van der Waals surface area contributed by atoms with Crippen molar-refractivity contribution in [1.82, 2.24) is 5.32 Å². The third kappa shape index (κ3) is 6.06. The summed E-state index contributed by atoms with van der Waals surface area (Å²) in [7, 11) is -3.69. The maximum Gasteiger partial charge on any atom is 0.206 e. The molecule has 0 radical (unpaired) electrons. The first kappa shape index (κ1) is 22.7. The normalized spacial score (nSPS) is 11.3. The van der Waals surface area contributed by atoms with Gasteiger partial charge in [-0.3, -0.25) is 0 Å². The van der Waals surface area contributed by atoms with Crippen molar-refractivity contribution in [3.8, 4) is 11.5 Å². The van der Waals surface area contributed by atoms with Crippen molar-refractivity contribution in [2.75, 3.05) is 6.54 Å². The highest BCUT2D eigenvalue weighted by Crippen LogP contribution is 2.27. The molecule has 0 saturated carbocycles. The number of benzene rings is 4. The van der Waals surface area contributed by atoms with Crippen LogP contribution in [0, 0.1) is 5.82 Å². The Morgan fingerprint density at radius 1 is 0.697 bits per heavy atom. The van der Waals surface area contributed by atoms with Crippen LogP contribution in [0.3, 0.4) is 0 Å². The molecule has 0 aliphatic rings. The van der Waals surface area contributed by atoms with Gasteiger partial charge < -0.3 is 10.1 Å². The minimum Gasteiger partial charge on any atom is -0.457 e. The van der Waals surface area contributed by atoms with E-state index in [1.807, 2.05) is 30.3 Å². The van der Waals surface area contributed by atoms with Crippen molar-refractivity contribution in [2.24, 2.45) is 0 Å². The van der Waals surface area contributed by atoms with Gasteiger partial charge in [-0.25, -0.2) is 12.8 Å². The highest BCUT2D eigenvalue weighted by atomic mass is 32.2. The van der Waals surface area contributed by atoms with E-state index in [2.05, 4.69) is 17.4 Å². The molecule has 0 aliphatic carbocycles.